The van der Waals surface area contributed by atoms with Gasteiger partial charge in [-0.25, -0.2) is 0 Å². The van der Waals surface area contributed by atoms with Gasteiger partial charge in [0.2, 0.25) is 17.7 Å². The summed E-state index contributed by atoms with van der Waals surface area (Å²) in [5.74, 6) is -2.39. The van der Waals surface area contributed by atoms with Crippen molar-refractivity contribution in [3.63, 3.8) is 0 Å². The summed E-state index contributed by atoms with van der Waals surface area (Å²) in [6.45, 7) is -0.219. The molecule has 0 spiro atoms. The van der Waals surface area contributed by atoms with Crippen LogP contribution in [0.5, 0.6) is 0 Å². The van der Waals surface area contributed by atoms with E-state index in [1.165, 1.54) is 18.2 Å². The molecule has 63 heavy (non-hydrogen) atoms. The van der Waals surface area contributed by atoms with Crippen molar-refractivity contribution >= 4 is 86.9 Å². The van der Waals surface area contributed by atoms with E-state index in [4.69, 9.17) is 34.8 Å². The van der Waals surface area contributed by atoms with Gasteiger partial charge in [0.1, 0.15) is 0 Å². The Morgan fingerprint density at radius 1 is 0.381 bits per heavy atom. The van der Waals surface area contributed by atoms with Crippen molar-refractivity contribution in [3.8, 4) is 0 Å². The van der Waals surface area contributed by atoms with Gasteiger partial charge in [0.15, 0.2) is 17.3 Å². The van der Waals surface area contributed by atoms with Gasteiger partial charge in [0.05, 0.1) is 56.7 Å². The van der Waals surface area contributed by atoms with Gasteiger partial charge in [0, 0.05) is 48.4 Å². The monoisotopic (exact) mass is 900 g/mol. The van der Waals surface area contributed by atoms with Crippen LogP contribution in [0.15, 0.2) is 146 Å². The number of nitrogens with one attached hydrogen (secondary N) is 3. The van der Waals surface area contributed by atoms with E-state index in [1.54, 1.807) is 142 Å². The van der Waals surface area contributed by atoms with E-state index >= 15 is 0 Å². The number of benzene rings is 6. The molecule has 0 aromatic heterocycles. The fraction of sp³-hybridized carbons (Fsp3) is 0.125. The maximum atomic E-state index is 13.7. The van der Waals surface area contributed by atoms with Crippen LogP contribution in [0, 0.1) is 0 Å². The van der Waals surface area contributed by atoms with Crippen molar-refractivity contribution in [2.75, 3.05) is 55.6 Å². The summed E-state index contributed by atoms with van der Waals surface area (Å²) in [6, 6.07) is 39.7. The molecule has 1 heterocycles. The van der Waals surface area contributed by atoms with E-state index in [9.17, 15) is 28.8 Å². The first kappa shape index (κ1) is 44.5. The lowest BCUT2D eigenvalue weighted by Gasteiger charge is -2.41. The van der Waals surface area contributed by atoms with Crippen LogP contribution in [-0.4, -0.2) is 89.4 Å². The predicted molar refractivity (Wildman–Crippen MR) is 245 cm³/mol. The fourth-order valence-electron chi connectivity index (χ4n) is 7.14. The zero-order valence-electron chi connectivity index (χ0n) is 33.5. The third-order valence-electron chi connectivity index (χ3n) is 9.91. The zero-order valence-corrected chi connectivity index (χ0v) is 35.8. The Morgan fingerprint density at radius 2 is 0.635 bits per heavy atom. The van der Waals surface area contributed by atoms with Crippen LogP contribution in [0.2, 0.25) is 15.1 Å². The molecule has 318 valence electrons. The Morgan fingerprint density at radius 3 is 0.889 bits per heavy atom. The summed E-state index contributed by atoms with van der Waals surface area (Å²) in [4.78, 5) is 86.8. The molecule has 0 radical (unpaired) electrons. The Kier molecular flexibility index (Phi) is 14.5. The number of amides is 3. The highest BCUT2D eigenvalue weighted by molar-refractivity contribution is 6.32. The molecule has 1 aliphatic heterocycles. The number of hydrogen-bond donors (Lipinski definition) is 3. The predicted octanol–water partition coefficient (Wildman–Crippen LogP) is 8.35. The van der Waals surface area contributed by atoms with Crippen molar-refractivity contribution in [3.05, 3.63) is 194 Å². The summed E-state index contributed by atoms with van der Waals surface area (Å²) in [6.07, 6.45) is 0. The molecule has 0 unspecified atom stereocenters. The zero-order chi connectivity index (χ0) is 44.5. The number of carbonyl (C=O) groups is 6. The topological polar surface area (TPSA) is 148 Å². The molecule has 0 atom stereocenters. The van der Waals surface area contributed by atoms with Crippen LogP contribution in [0.25, 0.3) is 0 Å². The normalized spacial score (nSPS) is 13.2. The molecule has 1 aliphatic rings. The lowest BCUT2D eigenvalue weighted by atomic mass is 10.0. The molecule has 0 aliphatic carbocycles. The summed E-state index contributed by atoms with van der Waals surface area (Å²) in [5, 5.41) is 9.47. The standard InChI is InChI=1S/C48H39Cl3N6O6/c49-34-16-19-40(37(22-34)46(61)31-10-4-1-5-11-31)52-43(58)25-55-28-56(26-44(59)53-41-20-17-35(50)23-38(41)47(62)32-12-6-2-7-13-32)30-57(29-55)27-45(60)54-42-21-18-36(51)24-39(42)48(63)33-14-8-3-9-15-33/h1-24H,25-30H2,(H,52,58)(H,53,59)(H,54,60). The SMILES string of the molecule is O=C(CN1CN(CC(=O)Nc2ccc(Cl)cc2C(=O)c2ccccc2)CN(CC(=O)Nc2ccc(Cl)cc2C(=O)c2ccccc2)C1)Nc1ccc(Cl)cc1C(=O)c1ccccc1. The number of rotatable bonds is 15. The fourth-order valence-corrected chi connectivity index (χ4v) is 7.65. The third-order valence-corrected chi connectivity index (χ3v) is 10.6. The molecular formula is C48H39Cl3N6O6. The van der Waals surface area contributed by atoms with Crippen LogP contribution < -0.4 is 16.0 Å². The van der Waals surface area contributed by atoms with Gasteiger partial charge in [-0.3, -0.25) is 43.5 Å². The van der Waals surface area contributed by atoms with Gasteiger partial charge in [-0.15, -0.1) is 0 Å². The smallest absolute Gasteiger partial charge is 0.238 e. The molecule has 0 saturated carbocycles. The average Bonchev–Trinajstić information content (AvgIpc) is 3.28. The van der Waals surface area contributed by atoms with Gasteiger partial charge < -0.3 is 16.0 Å². The number of hydrogen-bond acceptors (Lipinski definition) is 9. The maximum Gasteiger partial charge on any atom is 0.238 e. The third kappa shape index (κ3) is 11.7. The largest absolute Gasteiger partial charge is 0.324 e. The Bertz CT molecular complexity index is 2390. The second kappa shape index (κ2) is 20.6. The molecule has 6 aromatic rings. The highest BCUT2D eigenvalue weighted by Gasteiger charge is 2.29. The molecule has 0 bridgehead atoms. The Balaban J connectivity index is 1.09. The molecule has 3 N–H and O–H groups in total. The lowest BCUT2D eigenvalue weighted by molar-refractivity contribution is -0.126. The highest BCUT2D eigenvalue weighted by atomic mass is 35.5. The van der Waals surface area contributed by atoms with Crippen molar-refractivity contribution in [1.29, 1.82) is 0 Å². The minimum atomic E-state index is -0.467. The number of nitrogens with zero attached hydrogens (tertiary/aromatic N) is 3. The van der Waals surface area contributed by atoms with E-state index in [-0.39, 0.29) is 90.7 Å². The number of ketones is 3. The molecule has 12 nitrogen and oxygen atoms in total. The van der Waals surface area contributed by atoms with Gasteiger partial charge in [-0.05, 0) is 54.6 Å². The molecule has 6 aromatic carbocycles. The minimum Gasteiger partial charge on any atom is -0.324 e. The van der Waals surface area contributed by atoms with Gasteiger partial charge in [-0.2, -0.15) is 0 Å². The molecule has 3 amide bonds. The van der Waals surface area contributed by atoms with E-state index in [1.807, 2.05) is 0 Å². The molecular weight excluding hydrogens is 863 g/mol. The van der Waals surface area contributed by atoms with Gasteiger partial charge in [-0.1, -0.05) is 126 Å². The lowest BCUT2D eigenvalue weighted by Crippen LogP contribution is -2.58. The van der Waals surface area contributed by atoms with Crippen LogP contribution >= 0.6 is 34.8 Å². The first-order valence-electron chi connectivity index (χ1n) is 19.6. The Labute approximate surface area is 378 Å². The van der Waals surface area contributed by atoms with Gasteiger partial charge in [0.25, 0.3) is 0 Å². The van der Waals surface area contributed by atoms with Crippen LogP contribution in [-0.2, 0) is 14.4 Å². The number of anilines is 3. The van der Waals surface area contributed by atoms with E-state index in [0.717, 1.165) is 0 Å². The van der Waals surface area contributed by atoms with E-state index < -0.39 is 17.7 Å². The number of carbonyl (C=O) groups excluding carboxylic acids is 6. The van der Waals surface area contributed by atoms with Crippen molar-refractivity contribution in [1.82, 2.24) is 14.7 Å². The van der Waals surface area contributed by atoms with Crippen LogP contribution in [0.4, 0.5) is 17.1 Å². The summed E-state index contributed by atoms with van der Waals surface area (Å²) in [5.41, 5.74) is 2.64. The van der Waals surface area contributed by atoms with Crippen LogP contribution in [0.3, 0.4) is 0 Å². The molecule has 1 saturated heterocycles. The van der Waals surface area contributed by atoms with Gasteiger partial charge >= 0.3 is 0 Å². The van der Waals surface area contributed by atoms with E-state index in [2.05, 4.69) is 16.0 Å². The molecule has 15 heteroatoms. The summed E-state index contributed by atoms with van der Waals surface area (Å²) < 4.78 is 0. The molecule has 7 rings (SSSR count). The maximum absolute atomic E-state index is 13.7. The molecule has 1 fully saturated rings. The first-order valence-corrected chi connectivity index (χ1v) is 20.8. The Hall–Kier alpha value is -6.51. The second-order valence-electron chi connectivity index (χ2n) is 14.7. The van der Waals surface area contributed by atoms with Crippen molar-refractivity contribution in [2.45, 2.75) is 0 Å². The quantitative estimate of drug-likeness (QED) is 0.0866. The van der Waals surface area contributed by atoms with Crippen molar-refractivity contribution < 1.29 is 28.8 Å². The first-order chi connectivity index (χ1) is 30.4. The second-order valence-corrected chi connectivity index (χ2v) is 16.0. The minimum absolute atomic E-state index is 0.124. The van der Waals surface area contributed by atoms with E-state index in [0.29, 0.717) is 31.8 Å². The average molecular weight is 902 g/mol. The number of halogens is 3. The van der Waals surface area contributed by atoms with Crippen molar-refractivity contribution in [2.24, 2.45) is 0 Å². The summed E-state index contributed by atoms with van der Waals surface area (Å²) >= 11 is 18.8. The highest BCUT2D eigenvalue weighted by Crippen LogP contribution is 2.27. The van der Waals surface area contributed by atoms with Crippen LogP contribution in [0.1, 0.15) is 47.8 Å². The summed E-state index contributed by atoms with van der Waals surface area (Å²) in [7, 11) is 0.